The largest absolute Gasteiger partial charge is 0.383 e. The molecule has 6 nitrogen and oxygen atoms in total. The number of carbonyl (C=O) groups is 1. The lowest BCUT2D eigenvalue weighted by molar-refractivity contribution is 0.0609. The van der Waals surface area contributed by atoms with E-state index in [2.05, 4.69) is 10.3 Å². The number of para-hydroxylation sites is 1. The van der Waals surface area contributed by atoms with E-state index >= 15 is 0 Å². The first-order valence-corrected chi connectivity index (χ1v) is 8.51. The highest BCUT2D eigenvalue weighted by atomic mass is 16.5. The van der Waals surface area contributed by atoms with Crippen molar-refractivity contribution >= 4 is 11.6 Å². The highest BCUT2D eigenvalue weighted by Crippen LogP contribution is 2.33. The number of amides is 1. The predicted molar refractivity (Wildman–Crippen MR) is 99.3 cm³/mol. The lowest BCUT2D eigenvalue weighted by Gasteiger charge is -2.38. The van der Waals surface area contributed by atoms with Gasteiger partial charge in [0.15, 0.2) is 0 Å². The van der Waals surface area contributed by atoms with E-state index < -0.39 is 0 Å². The standard InChI is InChI=1S/C20H20N4O2/c1-26-13-12-24-19(22-18-5-3-2-4-17(18)20(24)25)15-6-8-16(9-7-15)23-11-10-21-14-23/h2-11,14,19,22H,12-13H2,1H3/t19-/m1/s1. The summed E-state index contributed by atoms with van der Waals surface area (Å²) in [6.45, 7) is 1.00. The Morgan fingerprint density at radius 3 is 2.69 bits per heavy atom. The highest BCUT2D eigenvalue weighted by molar-refractivity contribution is 6.01. The number of hydrogen-bond donors (Lipinski definition) is 1. The fourth-order valence-electron chi connectivity index (χ4n) is 3.22. The Kier molecular flexibility index (Phi) is 4.41. The zero-order valence-corrected chi connectivity index (χ0v) is 14.5. The van der Waals surface area contributed by atoms with Crippen molar-refractivity contribution in [1.29, 1.82) is 0 Å². The van der Waals surface area contributed by atoms with Gasteiger partial charge in [-0.3, -0.25) is 4.79 Å². The number of aromatic nitrogens is 2. The molecule has 1 atom stereocenters. The molecule has 1 aliphatic rings. The number of rotatable bonds is 5. The van der Waals surface area contributed by atoms with Crippen LogP contribution in [0.15, 0.2) is 67.3 Å². The number of hydrogen-bond acceptors (Lipinski definition) is 4. The summed E-state index contributed by atoms with van der Waals surface area (Å²) in [5.41, 5.74) is 3.59. The third kappa shape index (κ3) is 2.95. The van der Waals surface area contributed by atoms with E-state index in [1.165, 1.54) is 0 Å². The molecule has 2 aromatic carbocycles. The van der Waals surface area contributed by atoms with Gasteiger partial charge in [0.2, 0.25) is 0 Å². The van der Waals surface area contributed by atoms with Gasteiger partial charge in [-0.2, -0.15) is 0 Å². The van der Waals surface area contributed by atoms with Crippen molar-refractivity contribution in [2.24, 2.45) is 0 Å². The fraction of sp³-hybridized carbons (Fsp3) is 0.200. The minimum atomic E-state index is -0.232. The van der Waals surface area contributed by atoms with Gasteiger partial charge in [-0.15, -0.1) is 0 Å². The van der Waals surface area contributed by atoms with Crippen molar-refractivity contribution in [2.45, 2.75) is 6.17 Å². The molecule has 1 aromatic heterocycles. The Morgan fingerprint density at radius 1 is 1.15 bits per heavy atom. The van der Waals surface area contributed by atoms with Crippen LogP contribution in [0.1, 0.15) is 22.1 Å². The molecule has 1 aliphatic heterocycles. The molecule has 0 saturated heterocycles. The van der Waals surface area contributed by atoms with Crippen LogP contribution in [0, 0.1) is 0 Å². The average molecular weight is 348 g/mol. The predicted octanol–water partition coefficient (Wildman–Crippen LogP) is 3.09. The lowest BCUT2D eigenvalue weighted by Crippen LogP contribution is -2.44. The van der Waals surface area contributed by atoms with Crippen LogP contribution in [-0.4, -0.2) is 40.6 Å². The van der Waals surface area contributed by atoms with Crippen LogP contribution in [0.2, 0.25) is 0 Å². The molecule has 0 fully saturated rings. The van der Waals surface area contributed by atoms with Crippen LogP contribution < -0.4 is 5.32 Å². The van der Waals surface area contributed by atoms with E-state index in [4.69, 9.17) is 4.74 Å². The summed E-state index contributed by atoms with van der Waals surface area (Å²) >= 11 is 0. The van der Waals surface area contributed by atoms with Crippen LogP contribution in [0.3, 0.4) is 0 Å². The summed E-state index contributed by atoms with van der Waals surface area (Å²) in [5.74, 6) is 0.0140. The molecule has 1 amide bonds. The number of methoxy groups -OCH3 is 1. The van der Waals surface area contributed by atoms with E-state index in [1.807, 2.05) is 64.2 Å². The van der Waals surface area contributed by atoms with E-state index in [-0.39, 0.29) is 12.1 Å². The molecule has 0 spiro atoms. The second-order valence-electron chi connectivity index (χ2n) is 6.15. The first kappa shape index (κ1) is 16.4. The monoisotopic (exact) mass is 348 g/mol. The number of ether oxygens (including phenoxy) is 1. The maximum Gasteiger partial charge on any atom is 0.257 e. The summed E-state index contributed by atoms with van der Waals surface area (Å²) in [7, 11) is 1.64. The van der Waals surface area contributed by atoms with Gasteiger partial charge in [-0.05, 0) is 29.8 Å². The number of benzene rings is 2. The Morgan fingerprint density at radius 2 is 1.96 bits per heavy atom. The minimum Gasteiger partial charge on any atom is -0.383 e. The third-order valence-corrected chi connectivity index (χ3v) is 4.57. The average Bonchev–Trinajstić information content (AvgIpc) is 3.22. The second kappa shape index (κ2) is 7.01. The molecule has 0 unspecified atom stereocenters. The number of nitrogens with one attached hydrogen (secondary N) is 1. The number of nitrogens with zero attached hydrogens (tertiary/aromatic N) is 3. The molecule has 132 valence electrons. The Labute approximate surface area is 152 Å². The van der Waals surface area contributed by atoms with Crippen molar-refractivity contribution in [3.63, 3.8) is 0 Å². The number of imidazole rings is 1. The van der Waals surface area contributed by atoms with E-state index in [1.54, 1.807) is 19.6 Å². The van der Waals surface area contributed by atoms with Crippen molar-refractivity contribution in [1.82, 2.24) is 14.5 Å². The first-order chi connectivity index (χ1) is 12.8. The Bertz CT molecular complexity index is 890. The van der Waals surface area contributed by atoms with Crippen molar-refractivity contribution in [3.8, 4) is 5.69 Å². The van der Waals surface area contributed by atoms with Crippen molar-refractivity contribution < 1.29 is 9.53 Å². The summed E-state index contributed by atoms with van der Waals surface area (Å²) in [4.78, 5) is 18.9. The molecular weight excluding hydrogens is 328 g/mol. The number of carbonyl (C=O) groups excluding carboxylic acids is 1. The zero-order chi connectivity index (χ0) is 17.9. The van der Waals surface area contributed by atoms with E-state index in [0.29, 0.717) is 18.7 Å². The van der Waals surface area contributed by atoms with Gasteiger partial charge in [-0.1, -0.05) is 24.3 Å². The van der Waals surface area contributed by atoms with Gasteiger partial charge in [0.1, 0.15) is 6.17 Å². The highest BCUT2D eigenvalue weighted by Gasteiger charge is 2.32. The number of anilines is 1. The molecule has 0 bridgehead atoms. The molecular formula is C20H20N4O2. The maximum atomic E-state index is 13.0. The van der Waals surface area contributed by atoms with Gasteiger partial charge < -0.3 is 19.5 Å². The van der Waals surface area contributed by atoms with Crippen LogP contribution in [0.4, 0.5) is 5.69 Å². The molecule has 6 heteroatoms. The van der Waals surface area contributed by atoms with E-state index in [9.17, 15) is 4.79 Å². The molecule has 3 aromatic rings. The van der Waals surface area contributed by atoms with Gasteiger partial charge in [-0.25, -0.2) is 4.98 Å². The van der Waals surface area contributed by atoms with Crippen molar-refractivity contribution in [2.75, 3.05) is 25.6 Å². The van der Waals surface area contributed by atoms with Gasteiger partial charge in [0.25, 0.3) is 5.91 Å². The maximum absolute atomic E-state index is 13.0. The fourth-order valence-corrected chi connectivity index (χ4v) is 3.22. The third-order valence-electron chi connectivity index (χ3n) is 4.57. The van der Waals surface area contributed by atoms with Gasteiger partial charge >= 0.3 is 0 Å². The summed E-state index contributed by atoms with van der Waals surface area (Å²) in [5, 5.41) is 3.49. The topological polar surface area (TPSA) is 59.4 Å². The first-order valence-electron chi connectivity index (χ1n) is 8.51. The van der Waals surface area contributed by atoms with Gasteiger partial charge in [0.05, 0.1) is 18.5 Å². The summed E-state index contributed by atoms with van der Waals surface area (Å²) in [6, 6.07) is 15.7. The zero-order valence-electron chi connectivity index (χ0n) is 14.5. The Balaban J connectivity index is 1.67. The molecule has 0 radical (unpaired) electrons. The van der Waals surface area contributed by atoms with Gasteiger partial charge in [0, 0.05) is 37.4 Å². The SMILES string of the molecule is COCCN1C(=O)c2ccccc2N[C@H]1c1ccc(-n2ccnc2)cc1. The van der Waals surface area contributed by atoms with Crippen LogP contribution in [0.5, 0.6) is 0 Å². The molecule has 0 aliphatic carbocycles. The molecule has 0 saturated carbocycles. The van der Waals surface area contributed by atoms with Crippen LogP contribution in [-0.2, 0) is 4.74 Å². The quantitative estimate of drug-likeness (QED) is 0.770. The lowest BCUT2D eigenvalue weighted by atomic mass is 10.0. The number of fused-ring (bicyclic) bond motifs is 1. The summed E-state index contributed by atoms with van der Waals surface area (Å²) in [6.07, 6.45) is 5.18. The second-order valence-corrected chi connectivity index (χ2v) is 6.15. The minimum absolute atomic E-state index is 0.0140. The smallest absolute Gasteiger partial charge is 0.257 e. The summed E-state index contributed by atoms with van der Waals surface area (Å²) < 4.78 is 7.15. The normalized spacial score (nSPS) is 16.3. The van der Waals surface area contributed by atoms with Crippen molar-refractivity contribution in [3.05, 3.63) is 78.4 Å². The molecule has 4 rings (SSSR count). The molecule has 26 heavy (non-hydrogen) atoms. The molecule has 2 heterocycles. The van der Waals surface area contributed by atoms with Crippen LogP contribution >= 0.6 is 0 Å². The Hall–Kier alpha value is -3.12. The molecule has 1 N–H and O–H groups in total. The van der Waals surface area contributed by atoms with E-state index in [0.717, 1.165) is 16.9 Å². The van der Waals surface area contributed by atoms with Crippen LogP contribution in [0.25, 0.3) is 5.69 Å².